The Balaban J connectivity index is 2.70. The SMILES string of the molecule is Cc1c(Cl)c2cccnc2c2nc(Cl)c(Cl)c(Cl)c12. The summed E-state index contributed by atoms with van der Waals surface area (Å²) < 4.78 is 0. The highest BCUT2D eigenvalue weighted by Gasteiger charge is 2.18. The van der Waals surface area contributed by atoms with Crippen LogP contribution in [-0.2, 0) is 0 Å². The minimum atomic E-state index is 0.160. The zero-order valence-corrected chi connectivity index (χ0v) is 12.7. The van der Waals surface area contributed by atoms with Crippen molar-refractivity contribution in [1.82, 2.24) is 9.97 Å². The van der Waals surface area contributed by atoms with E-state index >= 15 is 0 Å². The molecule has 3 rings (SSSR count). The van der Waals surface area contributed by atoms with Crippen LogP contribution in [0.2, 0.25) is 20.2 Å². The summed E-state index contributed by atoms with van der Waals surface area (Å²) in [6.07, 6.45) is 1.67. The first kappa shape index (κ1) is 13.2. The van der Waals surface area contributed by atoms with Crippen molar-refractivity contribution in [2.24, 2.45) is 0 Å². The van der Waals surface area contributed by atoms with E-state index in [-0.39, 0.29) is 10.2 Å². The molecular weight excluding hydrogens is 326 g/mol. The van der Waals surface area contributed by atoms with Crippen LogP contribution in [0.1, 0.15) is 5.56 Å². The molecule has 0 N–H and O–H groups in total. The van der Waals surface area contributed by atoms with E-state index in [2.05, 4.69) is 9.97 Å². The third-order valence-corrected chi connectivity index (χ3v) is 4.71. The Labute approximate surface area is 129 Å². The van der Waals surface area contributed by atoms with Gasteiger partial charge in [-0.05, 0) is 24.6 Å². The largest absolute Gasteiger partial charge is 0.254 e. The van der Waals surface area contributed by atoms with E-state index in [4.69, 9.17) is 46.4 Å². The lowest BCUT2D eigenvalue weighted by molar-refractivity contribution is 1.36. The van der Waals surface area contributed by atoms with Gasteiger partial charge in [-0.25, -0.2) is 4.98 Å². The quantitative estimate of drug-likeness (QED) is 0.389. The highest BCUT2D eigenvalue weighted by atomic mass is 35.5. The van der Waals surface area contributed by atoms with Crippen LogP contribution in [0.4, 0.5) is 0 Å². The van der Waals surface area contributed by atoms with Gasteiger partial charge in [-0.1, -0.05) is 46.4 Å². The summed E-state index contributed by atoms with van der Waals surface area (Å²) >= 11 is 24.7. The van der Waals surface area contributed by atoms with E-state index in [1.165, 1.54) is 0 Å². The van der Waals surface area contributed by atoms with Crippen molar-refractivity contribution in [3.8, 4) is 0 Å². The highest BCUT2D eigenvalue weighted by Crippen LogP contribution is 2.41. The predicted octanol–water partition coefficient (Wildman–Crippen LogP) is 5.71. The van der Waals surface area contributed by atoms with Crippen LogP contribution in [0.25, 0.3) is 21.8 Å². The molecular formula is C13H6Cl4N2. The highest BCUT2D eigenvalue weighted by molar-refractivity contribution is 6.51. The molecule has 0 aliphatic carbocycles. The maximum Gasteiger partial charge on any atom is 0.149 e. The predicted molar refractivity (Wildman–Crippen MR) is 81.8 cm³/mol. The Kier molecular flexibility index (Phi) is 3.22. The second-order valence-electron chi connectivity index (χ2n) is 4.09. The third-order valence-electron chi connectivity index (χ3n) is 3.01. The molecule has 2 nitrogen and oxygen atoms in total. The van der Waals surface area contributed by atoms with Crippen LogP contribution >= 0.6 is 46.4 Å². The molecule has 0 fully saturated rings. The van der Waals surface area contributed by atoms with Crippen LogP contribution in [-0.4, -0.2) is 9.97 Å². The number of benzene rings is 1. The molecule has 0 saturated carbocycles. The van der Waals surface area contributed by atoms with E-state index < -0.39 is 0 Å². The first-order valence-electron chi connectivity index (χ1n) is 5.39. The van der Waals surface area contributed by atoms with Gasteiger partial charge in [-0.2, -0.15) is 0 Å². The molecule has 0 radical (unpaired) electrons. The number of hydrogen-bond acceptors (Lipinski definition) is 2. The van der Waals surface area contributed by atoms with Crippen molar-refractivity contribution in [2.75, 3.05) is 0 Å². The van der Waals surface area contributed by atoms with Crippen molar-refractivity contribution in [2.45, 2.75) is 6.92 Å². The number of pyridine rings is 2. The fourth-order valence-electron chi connectivity index (χ4n) is 2.10. The summed E-state index contributed by atoms with van der Waals surface area (Å²) in [5.41, 5.74) is 2.08. The van der Waals surface area contributed by atoms with E-state index in [0.29, 0.717) is 26.5 Å². The van der Waals surface area contributed by atoms with Crippen molar-refractivity contribution in [3.05, 3.63) is 44.1 Å². The molecule has 0 saturated heterocycles. The van der Waals surface area contributed by atoms with Crippen molar-refractivity contribution >= 4 is 68.2 Å². The van der Waals surface area contributed by atoms with Gasteiger partial charge in [0.25, 0.3) is 0 Å². The topological polar surface area (TPSA) is 25.8 Å². The Morgan fingerprint density at radius 2 is 1.68 bits per heavy atom. The Bertz CT molecular complexity index is 830. The summed E-state index contributed by atoms with van der Waals surface area (Å²) in [4.78, 5) is 8.61. The summed E-state index contributed by atoms with van der Waals surface area (Å²) in [5, 5.41) is 2.84. The molecule has 3 aromatic rings. The first-order valence-corrected chi connectivity index (χ1v) is 6.90. The number of nitrogens with zero attached hydrogens (tertiary/aromatic N) is 2. The fraction of sp³-hybridized carbons (Fsp3) is 0.0769. The van der Waals surface area contributed by atoms with Crippen molar-refractivity contribution < 1.29 is 0 Å². The molecule has 0 spiro atoms. The molecule has 0 bridgehead atoms. The van der Waals surface area contributed by atoms with E-state index in [0.717, 1.165) is 10.9 Å². The lowest BCUT2D eigenvalue weighted by atomic mass is 10.0. The summed E-state index contributed by atoms with van der Waals surface area (Å²) in [6.45, 7) is 1.87. The molecule has 19 heavy (non-hydrogen) atoms. The van der Waals surface area contributed by atoms with Gasteiger partial charge >= 0.3 is 0 Å². The van der Waals surface area contributed by atoms with Crippen LogP contribution in [0.3, 0.4) is 0 Å². The lowest BCUT2D eigenvalue weighted by Gasteiger charge is -2.12. The normalized spacial score (nSPS) is 11.4. The van der Waals surface area contributed by atoms with E-state index in [1.807, 2.05) is 19.1 Å². The summed E-state index contributed by atoms with van der Waals surface area (Å²) in [7, 11) is 0. The smallest absolute Gasteiger partial charge is 0.149 e. The Morgan fingerprint density at radius 3 is 2.42 bits per heavy atom. The minimum absolute atomic E-state index is 0.160. The molecule has 0 aliphatic rings. The van der Waals surface area contributed by atoms with Crippen LogP contribution in [0.15, 0.2) is 18.3 Å². The number of rotatable bonds is 0. The Morgan fingerprint density at radius 1 is 0.947 bits per heavy atom. The summed E-state index contributed by atoms with van der Waals surface area (Å²) in [6, 6.07) is 3.70. The number of aryl methyl sites for hydroxylation is 1. The van der Waals surface area contributed by atoms with Crippen LogP contribution in [0.5, 0.6) is 0 Å². The van der Waals surface area contributed by atoms with Crippen LogP contribution < -0.4 is 0 Å². The summed E-state index contributed by atoms with van der Waals surface area (Å²) in [5.74, 6) is 0. The standard InChI is InChI=1S/C13H6Cl4N2/c1-5-7-9(15)10(16)13(17)19-12(7)11-6(8(5)14)3-2-4-18-11/h2-4H,1H3. The van der Waals surface area contributed by atoms with E-state index in [9.17, 15) is 0 Å². The zero-order chi connectivity index (χ0) is 13.7. The average molecular weight is 332 g/mol. The molecule has 0 atom stereocenters. The van der Waals surface area contributed by atoms with Gasteiger partial charge in [0, 0.05) is 17.0 Å². The number of hydrogen-bond donors (Lipinski definition) is 0. The molecule has 0 amide bonds. The van der Waals surface area contributed by atoms with Crippen molar-refractivity contribution in [3.63, 3.8) is 0 Å². The number of aromatic nitrogens is 2. The molecule has 0 aliphatic heterocycles. The number of halogens is 4. The second-order valence-corrected chi connectivity index (χ2v) is 5.58. The van der Waals surface area contributed by atoms with E-state index in [1.54, 1.807) is 6.20 Å². The fourth-order valence-corrected chi connectivity index (χ4v) is 3.04. The lowest BCUT2D eigenvalue weighted by Crippen LogP contribution is -1.92. The number of fused-ring (bicyclic) bond motifs is 3. The van der Waals surface area contributed by atoms with Gasteiger partial charge < -0.3 is 0 Å². The molecule has 2 aromatic heterocycles. The van der Waals surface area contributed by atoms with Gasteiger partial charge in [0.2, 0.25) is 0 Å². The zero-order valence-electron chi connectivity index (χ0n) is 9.64. The van der Waals surface area contributed by atoms with Gasteiger partial charge in [-0.15, -0.1) is 0 Å². The maximum atomic E-state index is 6.37. The minimum Gasteiger partial charge on any atom is -0.254 e. The molecule has 1 aromatic carbocycles. The molecule has 6 heteroatoms. The first-order chi connectivity index (χ1) is 9.02. The van der Waals surface area contributed by atoms with Gasteiger partial charge in [0.1, 0.15) is 10.7 Å². The van der Waals surface area contributed by atoms with Gasteiger partial charge in [0.15, 0.2) is 0 Å². The molecule has 96 valence electrons. The Hall–Kier alpha value is -0.800. The monoisotopic (exact) mass is 330 g/mol. The molecule has 0 unspecified atom stereocenters. The third kappa shape index (κ3) is 1.86. The molecule has 2 heterocycles. The second kappa shape index (κ2) is 4.64. The van der Waals surface area contributed by atoms with Crippen molar-refractivity contribution in [1.29, 1.82) is 0 Å². The van der Waals surface area contributed by atoms with Crippen LogP contribution in [0, 0.1) is 6.92 Å². The average Bonchev–Trinajstić information content (AvgIpc) is 2.42. The van der Waals surface area contributed by atoms with Gasteiger partial charge in [-0.3, -0.25) is 4.98 Å². The van der Waals surface area contributed by atoms with Gasteiger partial charge in [0.05, 0.1) is 20.6 Å². The maximum absolute atomic E-state index is 6.37.